The van der Waals surface area contributed by atoms with Crippen LogP contribution < -0.4 is 29.7 Å². The number of ether oxygens (including phenoxy) is 3. The molecule has 16 heteroatoms. The van der Waals surface area contributed by atoms with E-state index in [1.54, 1.807) is 44.2 Å². The van der Waals surface area contributed by atoms with E-state index in [-0.39, 0.29) is 34.3 Å². The molecule has 0 aliphatic carbocycles. The molecule has 52 heavy (non-hydrogen) atoms. The predicted octanol–water partition coefficient (Wildman–Crippen LogP) is 6.73. The zero-order chi connectivity index (χ0) is 38.2. The number of rotatable bonds is 15. The largest absolute Gasteiger partial charge is 0.494 e. The average Bonchev–Trinajstić information content (AvgIpc) is 3.11. The van der Waals surface area contributed by atoms with Crippen LogP contribution >= 0.6 is 11.6 Å². The summed E-state index contributed by atoms with van der Waals surface area (Å²) in [4.78, 5) is 27.8. The lowest BCUT2D eigenvalue weighted by Gasteiger charge is -2.39. The van der Waals surface area contributed by atoms with E-state index in [1.807, 2.05) is 20.8 Å². The summed E-state index contributed by atoms with van der Waals surface area (Å²) in [5.41, 5.74) is 3.08. The first-order valence-corrected chi connectivity index (χ1v) is 19.4. The molecule has 2 aromatic carbocycles. The SMILES string of the molecule is CCc1cc(Nc2ncc(Cl)c(Nc3cccc(OC)c3NS(=O)(=O)CC)n2)c(OC)cc1N1CCC(N(C)CCN(C)C(=O)OC(C)(C)C)CC1. The number of sulfonamides is 1. The molecule has 3 N–H and O–H groups in total. The molecule has 2 heterocycles. The van der Waals surface area contributed by atoms with Crippen molar-refractivity contribution < 1.29 is 27.4 Å². The van der Waals surface area contributed by atoms with Gasteiger partial charge in [-0.3, -0.25) is 4.72 Å². The second-order valence-electron chi connectivity index (χ2n) is 13.7. The Morgan fingerprint density at radius 2 is 1.71 bits per heavy atom. The van der Waals surface area contributed by atoms with Gasteiger partial charge in [-0.2, -0.15) is 4.98 Å². The summed E-state index contributed by atoms with van der Waals surface area (Å²) < 4.78 is 44.2. The summed E-state index contributed by atoms with van der Waals surface area (Å²) in [6.07, 6.45) is 3.93. The number of benzene rings is 2. The molecule has 0 saturated carbocycles. The summed E-state index contributed by atoms with van der Waals surface area (Å²) in [5, 5.41) is 6.66. The van der Waals surface area contributed by atoms with Gasteiger partial charge in [0.2, 0.25) is 16.0 Å². The Labute approximate surface area is 313 Å². The minimum absolute atomic E-state index is 0.112. The zero-order valence-corrected chi connectivity index (χ0v) is 33.2. The number of para-hydroxylation sites is 1. The quantitative estimate of drug-likeness (QED) is 0.151. The van der Waals surface area contributed by atoms with Crippen molar-refractivity contribution in [1.29, 1.82) is 0 Å². The van der Waals surface area contributed by atoms with Gasteiger partial charge in [0.1, 0.15) is 27.8 Å². The minimum atomic E-state index is -3.61. The van der Waals surface area contributed by atoms with Crippen molar-refractivity contribution >= 4 is 62.2 Å². The van der Waals surface area contributed by atoms with Gasteiger partial charge in [0.15, 0.2) is 5.82 Å². The molecule has 4 rings (SSSR count). The third-order valence-electron chi connectivity index (χ3n) is 8.83. The van der Waals surface area contributed by atoms with Gasteiger partial charge in [-0.25, -0.2) is 18.2 Å². The maximum atomic E-state index is 12.5. The number of carbonyl (C=O) groups excluding carboxylic acids is 1. The first-order chi connectivity index (χ1) is 24.6. The maximum absolute atomic E-state index is 12.5. The number of likely N-dealkylation sites (N-methyl/N-ethyl adjacent to an activating group) is 2. The molecular weight excluding hydrogens is 708 g/mol. The van der Waals surface area contributed by atoms with Crippen LogP contribution in [0.15, 0.2) is 36.5 Å². The molecule has 286 valence electrons. The molecule has 1 saturated heterocycles. The molecule has 0 spiro atoms. The molecule has 14 nitrogen and oxygen atoms in total. The van der Waals surface area contributed by atoms with Gasteiger partial charge in [-0.15, -0.1) is 0 Å². The Morgan fingerprint density at radius 1 is 1.02 bits per heavy atom. The number of nitrogens with zero attached hydrogens (tertiary/aromatic N) is 5. The van der Waals surface area contributed by atoms with Crippen molar-refractivity contribution in [3.63, 3.8) is 0 Å². The number of carbonyl (C=O) groups is 1. The Morgan fingerprint density at radius 3 is 2.33 bits per heavy atom. The van der Waals surface area contributed by atoms with Gasteiger partial charge >= 0.3 is 6.09 Å². The molecule has 3 aromatic rings. The molecule has 1 fully saturated rings. The van der Waals surface area contributed by atoms with Gasteiger partial charge in [0.05, 0.1) is 37.5 Å². The van der Waals surface area contributed by atoms with Crippen molar-refractivity contribution in [2.24, 2.45) is 0 Å². The van der Waals surface area contributed by atoms with Crippen LogP contribution in [0.25, 0.3) is 0 Å². The van der Waals surface area contributed by atoms with Crippen LogP contribution in [0.3, 0.4) is 0 Å². The Hall–Kier alpha value is -4.21. The summed E-state index contributed by atoms with van der Waals surface area (Å²) in [6.45, 7) is 12.4. The highest BCUT2D eigenvalue weighted by atomic mass is 35.5. The normalized spacial score (nSPS) is 13.9. The molecule has 0 bridgehead atoms. The molecule has 0 unspecified atom stereocenters. The third-order valence-corrected chi connectivity index (χ3v) is 10.4. The Balaban J connectivity index is 1.47. The van der Waals surface area contributed by atoms with E-state index >= 15 is 0 Å². The predicted molar refractivity (Wildman–Crippen MR) is 209 cm³/mol. The van der Waals surface area contributed by atoms with Crippen LogP contribution in [-0.2, 0) is 21.2 Å². The Bertz CT molecular complexity index is 1800. The molecule has 1 aliphatic heterocycles. The van der Waals surface area contributed by atoms with Gasteiger partial charge in [-0.05, 0) is 77.8 Å². The van der Waals surface area contributed by atoms with Crippen molar-refractivity contribution in [3.8, 4) is 11.5 Å². The van der Waals surface area contributed by atoms with E-state index in [9.17, 15) is 13.2 Å². The third kappa shape index (κ3) is 10.7. The zero-order valence-electron chi connectivity index (χ0n) is 31.7. The van der Waals surface area contributed by atoms with E-state index in [0.717, 1.165) is 50.1 Å². The summed E-state index contributed by atoms with van der Waals surface area (Å²) >= 11 is 6.50. The van der Waals surface area contributed by atoms with E-state index in [4.69, 9.17) is 25.8 Å². The van der Waals surface area contributed by atoms with Crippen molar-refractivity contribution in [2.75, 3.05) is 80.5 Å². The summed E-state index contributed by atoms with van der Waals surface area (Å²) in [6, 6.07) is 9.60. The number of aromatic nitrogens is 2. The second-order valence-corrected chi connectivity index (χ2v) is 16.1. The maximum Gasteiger partial charge on any atom is 0.410 e. The lowest BCUT2D eigenvalue weighted by molar-refractivity contribution is 0.0278. The highest BCUT2D eigenvalue weighted by Gasteiger charge is 2.26. The van der Waals surface area contributed by atoms with Gasteiger partial charge in [-0.1, -0.05) is 24.6 Å². The lowest BCUT2D eigenvalue weighted by Crippen LogP contribution is -2.46. The fourth-order valence-corrected chi connectivity index (χ4v) is 6.63. The number of amides is 1. The number of hydrogen-bond donors (Lipinski definition) is 3. The number of aryl methyl sites for hydroxylation is 1. The van der Waals surface area contributed by atoms with Gasteiger partial charge in [0, 0.05) is 51.0 Å². The van der Waals surface area contributed by atoms with Crippen LogP contribution in [0, 0.1) is 0 Å². The Kier molecular flexibility index (Phi) is 13.7. The summed E-state index contributed by atoms with van der Waals surface area (Å²) in [5.74, 6) is 1.38. The molecule has 1 aliphatic rings. The van der Waals surface area contributed by atoms with Crippen LogP contribution in [-0.4, -0.2) is 106 Å². The van der Waals surface area contributed by atoms with E-state index in [1.165, 1.54) is 13.3 Å². The first kappa shape index (κ1) is 40.6. The highest BCUT2D eigenvalue weighted by molar-refractivity contribution is 7.92. The number of hydrogen-bond acceptors (Lipinski definition) is 12. The van der Waals surface area contributed by atoms with Crippen LogP contribution in [0.4, 0.5) is 39.3 Å². The molecule has 1 amide bonds. The van der Waals surface area contributed by atoms with Crippen molar-refractivity contribution in [1.82, 2.24) is 19.8 Å². The van der Waals surface area contributed by atoms with E-state index < -0.39 is 15.6 Å². The number of halogens is 1. The van der Waals surface area contributed by atoms with E-state index in [0.29, 0.717) is 35.5 Å². The average molecular weight is 761 g/mol. The van der Waals surface area contributed by atoms with Crippen LogP contribution in [0.5, 0.6) is 11.5 Å². The van der Waals surface area contributed by atoms with Crippen LogP contribution in [0.1, 0.15) is 53.0 Å². The topological polar surface area (TPSA) is 150 Å². The van der Waals surface area contributed by atoms with Crippen LogP contribution in [0.2, 0.25) is 5.02 Å². The lowest BCUT2D eigenvalue weighted by atomic mass is 10.0. The fourth-order valence-electron chi connectivity index (χ4n) is 5.83. The van der Waals surface area contributed by atoms with Crippen molar-refractivity contribution in [3.05, 3.63) is 47.1 Å². The van der Waals surface area contributed by atoms with E-state index in [2.05, 4.69) is 61.2 Å². The van der Waals surface area contributed by atoms with Gasteiger partial charge < -0.3 is 39.5 Å². The minimum Gasteiger partial charge on any atom is -0.494 e. The summed E-state index contributed by atoms with van der Waals surface area (Å²) in [7, 11) is 3.38. The monoisotopic (exact) mass is 760 g/mol. The number of nitrogens with one attached hydrogen (secondary N) is 3. The highest BCUT2D eigenvalue weighted by Crippen LogP contribution is 2.39. The molecule has 0 atom stereocenters. The molecule has 0 radical (unpaired) electrons. The first-order valence-electron chi connectivity index (χ1n) is 17.4. The number of piperidine rings is 1. The molecular formula is C36H53ClN8O6S. The fraction of sp³-hybridized carbons (Fsp3) is 0.528. The van der Waals surface area contributed by atoms with Crippen molar-refractivity contribution in [2.45, 2.75) is 65.5 Å². The number of methoxy groups -OCH3 is 2. The van der Waals surface area contributed by atoms with Gasteiger partial charge in [0.25, 0.3) is 0 Å². The second kappa shape index (κ2) is 17.5. The molecule has 1 aromatic heterocycles. The smallest absolute Gasteiger partial charge is 0.410 e. The standard InChI is InChI=1S/C36H53ClN8O6S/c1-10-24-21-28(40-34-38-23-26(37)33(41-34)39-27-13-12-14-30(49-8)32(27)42-52(47,48)11-2)31(50-9)22-29(24)45-17-15-25(16-18-45)43(6)19-20-44(7)35(46)51-36(3,4)5/h12-14,21-23,25,42H,10-11,15-20H2,1-9H3,(H2,38,39,40,41). The number of anilines is 6.